The van der Waals surface area contributed by atoms with E-state index in [0.29, 0.717) is 6.54 Å². The van der Waals surface area contributed by atoms with Crippen molar-refractivity contribution in [3.05, 3.63) is 65.2 Å². The maximum Gasteiger partial charge on any atom is 0.166 e. The van der Waals surface area contributed by atoms with E-state index in [9.17, 15) is 8.78 Å². The van der Waals surface area contributed by atoms with Crippen molar-refractivity contribution in [1.82, 2.24) is 0 Å². The fraction of sp³-hybridized carbons (Fsp3) is 0.133. The summed E-state index contributed by atoms with van der Waals surface area (Å²) in [4.78, 5) is 4.11. The van der Waals surface area contributed by atoms with Crippen LogP contribution in [0.4, 0.5) is 8.78 Å². The SMILES string of the molecule is COc1c(F)ccc(F)c1C=NCc1ccccc1. The van der Waals surface area contributed by atoms with Gasteiger partial charge in [-0.15, -0.1) is 0 Å². The van der Waals surface area contributed by atoms with Gasteiger partial charge < -0.3 is 4.74 Å². The van der Waals surface area contributed by atoms with Crippen LogP contribution in [0.5, 0.6) is 5.75 Å². The highest BCUT2D eigenvalue weighted by Crippen LogP contribution is 2.23. The first-order valence-corrected chi connectivity index (χ1v) is 5.78. The Morgan fingerprint density at radius 2 is 1.74 bits per heavy atom. The predicted molar refractivity (Wildman–Crippen MR) is 70.7 cm³/mol. The Hall–Kier alpha value is -2.23. The van der Waals surface area contributed by atoms with Crippen LogP contribution in [-0.2, 0) is 6.54 Å². The summed E-state index contributed by atoms with van der Waals surface area (Å²) in [5.74, 6) is -1.29. The molecular weight excluding hydrogens is 248 g/mol. The summed E-state index contributed by atoms with van der Waals surface area (Å²) in [6.45, 7) is 0.403. The zero-order valence-corrected chi connectivity index (χ0v) is 10.4. The lowest BCUT2D eigenvalue weighted by atomic mass is 10.2. The molecule has 2 aromatic carbocycles. The van der Waals surface area contributed by atoms with Crippen molar-refractivity contribution in [2.45, 2.75) is 6.54 Å². The number of ether oxygens (including phenoxy) is 1. The van der Waals surface area contributed by atoms with Crippen LogP contribution < -0.4 is 4.74 Å². The molecule has 0 unspecified atom stereocenters. The third-order valence-corrected chi connectivity index (χ3v) is 2.64. The first-order valence-electron chi connectivity index (χ1n) is 5.78. The van der Waals surface area contributed by atoms with Gasteiger partial charge in [0.15, 0.2) is 11.6 Å². The van der Waals surface area contributed by atoms with E-state index in [4.69, 9.17) is 4.74 Å². The van der Waals surface area contributed by atoms with Gasteiger partial charge in [-0.05, 0) is 17.7 Å². The number of benzene rings is 2. The number of hydrogen-bond donors (Lipinski definition) is 0. The van der Waals surface area contributed by atoms with Gasteiger partial charge >= 0.3 is 0 Å². The Labute approximate surface area is 110 Å². The average molecular weight is 261 g/mol. The third-order valence-electron chi connectivity index (χ3n) is 2.64. The monoisotopic (exact) mass is 261 g/mol. The molecule has 0 bridgehead atoms. The Morgan fingerprint density at radius 1 is 1.05 bits per heavy atom. The Kier molecular flexibility index (Phi) is 4.23. The molecule has 0 radical (unpaired) electrons. The number of aliphatic imine (C=N–C) groups is 1. The summed E-state index contributed by atoms with van der Waals surface area (Å²) in [5.41, 5.74) is 1.02. The molecule has 19 heavy (non-hydrogen) atoms. The zero-order chi connectivity index (χ0) is 13.7. The van der Waals surface area contributed by atoms with Crippen LogP contribution in [0, 0.1) is 11.6 Å². The molecule has 2 aromatic rings. The molecule has 98 valence electrons. The van der Waals surface area contributed by atoms with Crippen molar-refractivity contribution < 1.29 is 13.5 Å². The maximum absolute atomic E-state index is 13.6. The molecule has 4 heteroatoms. The van der Waals surface area contributed by atoms with Crippen LogP contribution in [0.3, 0.4) is 0 Å². The van der Waals surface area contributed by atoms with Crippen molar-refractivity contribution in [3.63, 3.8) is 0 Å². The summed E-state index contributed by atoms with van der Waals surface area (Å²) < 4.78 is 31.9. The topological polar surface area (TPSA) is 21.6 Å². The van der Waals surface area contributed by atoms with Crippen LogP contribution in [0.15, 0.2) is 47.5 Å². The molecule has 2 rings (SSSR count). The van der Waals surface area contributed by atoms with E-state index in [2.05, 4.69) is 4.99 Å². The Bertz CT molecular complexity index is 582. The van der Waals surface area contributed by atoms with Crippen molar-refractivity contribution >= 4 is 6.21 Å². The highest BCUT2D eigenvalue weighted by atomic mass is 19.1. The molecule has 0 spiro atoms. The zero-order valence-electron chi connectivity index (χ0n) is 10.4. The average Bonchev–Trinajstić information content (AvgIpc) is 2.44. The van der Waals surface area contributed by atoms with Gasteiger partial charge in [0.1, 0.15) is 5.82 Å². The second kappa shape index (κ2) is 6.09. The van der Waals surface area contributed by atoms with Crippen molar-refractivity contribution in [2.75, 3.05) is 7.11 Å². The van der Waals surface area contributed by atoms with Gasteiger partial charge in [-0.2, -0.15) is 0 Å². The molecule has 0 aliphatic heterocycles. The van der Waals surface area contributed by atoms with Crippen LogP contribution in [0.2, 0.25) is 0 Å². The summed E-state index contributed by atoms with van der Waals surface area (Å²) in [6.07, 6.45) is 1.30. The molecule has 0 amide bonds. The molecule has 0 saturated heterocycles. The summed E-state index contributed by atoms with van der Waals surface area (Å²) in [6, 6.07) is 11.6. The molecule has 0 aliphatic carbocycles. The number of rotatable bonds is 4. The van der Waals surface area contributed by atoms with E-state index < -0.39 is 11.6 Å². The minimum absolute atomic E-state index is 0.0263. The van der Waals surface area contributed by atoms with E-state index in [1.807, 2.05) is 30.3 Å². The van der Waals surface area contributed by atoms with Gasteiger partial charge in [0.2, 0.25) is 0 Å². The Balaban J connectivity index is 2.21. The van der Waals surface area contributed by atoms with E-state index in [1.54, 1.807) is 0 Å². The molecule has 0 heterocycles. The van der Waals surface area contributed by atoms with Gasteiger partial charge in [0, 0.05) is 6.21 Å². The third kappa shape index (κ3) is 3.16. The number of nitrogens with zero attached hydrogens (tertiary/aromatic N) is 1. The summed E-state index contributed by atoms with van der Waals surface area (Å²) in [7, 11) is 1.30. The number of methoxy groups -OCH3 is 1. The lowest BCUT2D eigenvalue weighted by molar-refractivity contribution is 0.382. The minimum Gasteiger partial charge on any atom is -0.493 e. The van der Waals surface area contributed by atoms with E-state index in [0.717, 1.165) is 17.7 Å². The molecule has 0 N–H and O–H groups in total. The lowest BCUT2D eigenvalue weighted by Gasteiger charge is -2.06. The van der Waals surface area contributed by atoms with E-state index >= 15 is 0 Å². The number of hydrogen-bond acceptors (Lipinski definition) is 2. The van der Waals surface area contributed by atoms with E-state index in [1.165, 1.54) is 13.3 Å². The molecular formula is C15H13F2NO. The molecule has 0 fully saturated rings. The van der Waals surface area contributed by atoms with Gasteiger partial charge in [0.05, 0.1) is 19.2 Å². The predicted octanol–water partition coefficient (Wildman–Crippen LogP) is 3.59. The first kappa shape index (κ1) is 13.2. The summed E-state index contributed by atoms with van der Waals surface area (Å²) >= 11 is 0. The molecule has 0 atom stereocenters. The summed E-state index contributed by atoms with van der Waals surface area (Å²) in [5, 5.41) is 0. The largest absolute Gasteiger partial charge is 0.493 e. The highest BCUT2D eigenvalue weighted by Gasteiger charge is 2.12. The van der Waals surface area contributed by atoms with Gasteiger partial charge in [-0.1, -0.05) is 30.3 Å². The van der Waals surface area contributed by atoms with Crippen LogP contribution >= 0.6 is 0 Å². The fourth-order valence-corrected chi connectivity index (χ4v) is 1.70. The molecule has 0 aromatic heterocycles. The molecule has 2 nitrogen and oxygen atoms in total. The normalized spacial score (nSPS) is 10.9. The first-order chi connectivity index (χ1) is 9.22. The van der Waals surface area contributed by atoms with Crippen molar-refractivity contribution in [1.29, 1.82) is 0 Å². The highest BCUT2D eigenvalue weighted by molar-refractivity contribution is 5.84. The standard InChI is InChI=1S/C15H13F2NO/c1-19-15-12(13(16)7-8-14(15)17)10-18-9-11-5-3-2-4-6-11/h2-8,10H,9H2,1H3. The minimum atomic E-state index is -0.606. The van der Waals surface area contributed by atoms with E-state index in [-0.39, 0.29) is 11.3 Å². The fourth-order valence-electron chi connectivity index (χ4n) is 1.70. The quantitative estimate of drug-likeness (QED) is 0.771. The second-order valence-corrected chi connectivity index (χ2v) is 3.93. The lowest BCUT2D eigenvalue weighted by Crippen LogP contribution is -1.98. The maximum atomic E-state index is 13.6. The molecule has 0 aliphatic rings. The molecule has 0 saturated carbocycles. The van der Waals surface area contributed by atoms with Crippen molar-refractivity contribution in [3.8, 4) is 5.75 Å². The van der Waals surface area contributed by atoms with Crippen LogP contribution in [0.1, 0.15) is 11.1 Å². The van der Waals surface area contributed by atoms with Gasteiger partial charge in [-0.3, -0.25) is 4.99 Å². The number of halogens is 2. The second-order valence-electron chi connectivity index (χ2n) is 3.93. The smallest absolute Gasteiger partial charge is 0.166 e. The van der Waals surface area contributed by atoms with Crippen LogP contribution in [-0.4, -0.2) is 13.3 Å². The van der Waals surface area contributed by atoms with Gasteiger partial charge in [0.25, 0.3) is 0 Å². The van der Waals surface area contributed by atoms with Gasteiger partial charge in [-0.25, -0.2) is 8.78 Å². The van der Waals surface area contributed by atoms with Crippen molar-refractivity contribution in [2.24, 2.45) is 4.99 Å². The Morgan fingerprint density at radius 3 is 2.42 bits per heavy atom. The van der Waals surface area contributed by atoms with Crippen LogP contribution in [0.25, 0.3) is 0 Å².